The van der Waals surface area contributed by atoms with Crippen LogP contribution in [-0.4, -0.2) is 66.3 Å². The quantitative estimate of drug-likeness (QED) is 0.771. The second kappa shape index (κ2) is 7.16. The van der Waals surface area contributed by atoms with Crippen molar-refractivity contribution in [2.75, 3.05) is 41.0 Å². The third-order valence-corrected chi connectivity index (χ3v) is 4.93. The highest BCUT2D eigenvalue weighted by atomic mass is 32.2. The second-order valence-electron chi connectivity index (χ2n) is 5.08. The number of carbonyl (C=O) groups is 1. The van der Waals surface area contributed by atoms with Gasteiger partial charge >= 0.3 is 0 Å². The maximum atomic E-state index is 12.3. The number of hydrogen-bond acceptors (Lipinski definition) is 6. The molecule has 8 nitrogen and oxygen atoms in total. The van der Waals surface area contributed by atoms with E-state index in [0.717, 1.165) is 0 Å². The van der Waals surface area contributed by atoms with Gasteiger partial charge in [-0.25, -0.2) is 13.1 Å². The van der Waals surface area contributed by atoms with E-state index in [1.807, 2.05) is 0 Å². The van der Waals surface area contributed by atoms with Crippen LogP contribution in [0.5, 0.6) is 11.5 Å². The molecule has 0 bridgehead atoms. The summed E-state index contributed by atoms with van der Waals surface area (Å²) < 4.78 is 42.7. The lowest BCUT2D eigenvalue weighted by molar-refractivity contribution is -0.146. The monoisotopic (exact) mass is 344 g/mol. The minimum atomic E-state index is -3.72. The Bertz CT molecular complexity index is 676. The molecule has 0 aromatic heterocycles. The zero-order chi connectivity index (χ0) is 17.0. The minimum absolute atomic E-state index is 0.0424. The Morgan fingerprint density at radius 1 is 1.30 bits per heavy atom. The van der Waals surface area contributed by atoms with Gasteiger partial charge in [0.2, 0.25) is 15.9 Å². The topological polar surface area (TPSA) is 94.2 Å². The van der Waals surface area contributed by atoms with Crippen LogP contribution in [0.4, 0.5) is 0 Å². The van der Waals surface area contributed by atoms with E-state index in [2.05, 4.69) is 4.72 Å². The molecule has 0 saturated carbocycles. The average Bonchev–Trinajstić information content (AvgIpc) is 2.55. The Balaban J connectivity index is 2.06. The van der Waals surface area contributed by atoms with Crippen molar-refractivity contribution in [2.45, 2.75) is 11.0 Å². The second-order valence-corrected chi connectivity index (χ2v) is 6.84. The van der Waals surface area contributed by atoms with Gasteiger partial charge in [0.05, 0.1) is 25.2 Å². The van der Waals surface area contributed by atoms with Crippen LogP contribution in [0.15, 0.2) is 23.1 Å². The number of sulfonamides is 1. The number of carbonyl (C=O) groups excluding carboxylic acids is 1. The number of likely N-dealkylation sites (N-methyl/N-ethyl adjacent to an activating group) is 1. The summed E-state index contributed by atoms with van der Waals surface area (Å²) in [6.45, 7) is 0.376. The summed E-state index contributed by atoms with van der Waals surface area (Å²) in [5.74, 6) is 0.654. The van der Waals surface area contributed by atoms with E-state index in [0.29, 0.717) is 18.0 Å². The number of benzene rings is 1. The van der Waals surface area contributed by atoms with Gasteiger partial charge in [-0.15, -0.1) is 0 Å². The predicted molar refractivity (Wildman–Crippen MR) is 82.1 cm³/mol. The van der Waals surface area contributed by atoms with Gasteiger partial charge < -0.3 is 19.1 Å². The maximum absolute atomic E-state index is 12.3. The van der Waals surface area contributed by atoms with Gasteiger partial charge in [-0.1, -0.05) is 0 Å². The molecule has 1 aromatic rings. The normalized spacial score (nSPS) is 18.8. The van der Waals surface area contributed by atoms with Crippen LogP contribution in [0.2, 0.25) is 0 Å². The van der Waals surface area contributed by atoms with E-state index in [-0.39, 0.29) is 30.1 Å². The van der Waals surface area contributed by atoms with Gasteiger partial charge in [0.15, 0.2) is 11.5 Å². The molecule has 1 atom stereocenters. The molecule has 0 spiro atoms. The summed E-state index contributed by atoms with van der Waals surface area (Å²) in [6, 6.07) is 4.34. The molecule has 1 heterocycles. The molecule has 1 aliphatic heterocycles. The van der Waals surface area contributed by atoms with Crippen molar-refractivity contribution >= 4 is 15.9 Å². The molecule has 2 rings (SSSR count). The third kappa shape index (κ3) is 4.12. The number of rotatable bonds is 6. The van der Waals surface area contributed by atoms with Crippen molar-refractivity contribution in [1.82, 2.24) is 9.62 Å². The molecular formula is C14H20N2O6S. The Labute approximate surface area is 135 Å². The zero-order valence-corrected chi connectivity index (χ0v) is 14.1. The molecule has 23 heavy (non-hydrogen) atoms. The van der Waals surface area contributed by atoms with Crippen LogP contribution in [0.25, 0.3) is 0 Å². The van der Waals surface area contributed by atoms with Gasteiger partial charge in [0.25, 0.3) is 0 Å². The summed E-state index contributed by atoms with van der Waals surface area (Å²) >= 11 is 0. The van der Waals surface area contributed by atoms with E-state index in [9.17, 15) is 13.2 Å². The van der Waals surface area contributed by atoms with E-state index < -0.39 is 10.0 Å². The van der Waals surface area contributed by atoms with Crippen molar-refractivity contribution < 1.29 is 27.4 Å². The molecule has 1 aliphatic rings. The molecular weight excluding hydrogens is 324 g/mol. The lowest BCUT2D eigenvalue weighted by Gasteiger charge is -2.29. The average molecular weight is 344 g/mol. The van der Waals surface area contributed by atoms with E-state index in [4.69, 9.17) is 14.2 Å². The number of nitrogens with one attached hydrogen (secondary N) is 1. The summed E-state index contributed by atoms with van der Waals surface area (Å²) in [5.41, 5.74) is 0. The van der Waals surface area contributed by atoms with Crippen LogP contribution in [-0.2, 0) is 19.6 Å². The summed E-state index contributed by atoms with van der Waals surface area (Å²) in [6.07, 6.45) is -0.382. The Kier molecular flexibility index (Phi) is 5.45. The lowest BCUT2D eigenvalue weighted by Crippen LogP contribution is -2.48. The largest absolute Gasteiger partial charge is 0.493 e. The molecule has 0 aliphatic carbocycles. The number of morpholine rings is 1. The fraction of sp³-hybridized carbons (Fsp3) is 0.500. The summed E-state index contributed by atoms with van der Waals surface area (Å²) in [7, 11) is 0.846. The smallest absolute Gasteiger partial charge is 0.248 e. The first-order valence-corrected chi connectivity index (χ1v) is 8.43. The van der Waals surface area contributed by atoms with E-state index in [1.165, 1.54) is 37.3 Å². The predicted octanol–water partition coefficient (Wildman–Crippen LogP) is -0.161. The van der Waals surface area contributed by atoms with Crippen LogP contribution < -0.4 is 14.2 Å². The van der Waals surface area contributed by atoms with Crippen molar-refractivity contribution in [3.05, 3.63) is 18.2 Å². The molecule has 0 radical (unpaired) electrons. The Hall–Kier alpha value is -1.84. The molecule has 1 N–H and O–H groups in total. The van der Waals surface area contributed by atoms with Crippen LogP contribution in [0, 0.1) is 0 Å². The fourth-order valence-electron chi connectivity index (χ4n) is 2.15. The highest BCUT2D eigenvalue weighted by Gasteiger charge is 2.25. The van der Waals surface area contributed by atoms with Crippen LogP contribution in [0.3, 0.4) is 0 Å². The van der Waals surface area contributed by atoms with Crippen molar-refractivity contribution in [1.29, 1.82) is 0 Å². The Morgan fingerprint density at radius 3 is 2.61 bits per heavy atom. The van der Waals surface area contributed by atoms with Crippen molar-refractivity contribution in [3.8, 4) is 11.5 Å². The first kappa shape index (κ1) is 17.5. The summed E-state index contributed by atoms with van der Waals surface area (Å²) in [5, 5.41) is 0. The van der Waals surface area contributed by atoms with Gasteiger partial charge in [-0.05, 0) is 12.1 Å². The number of nitrogens with zero attached hydrogens (tertiary/aromatic N) is 1. The highest BCUT2D eigenvalue weighted by Crippen LogP contribution is 2.29. The molecule has 128 valence electrons. The molecule has 9 heteroatoms. The van der Waals surface area contributed by atoms with Crippen molar-refractivity contribution in [2.24, 2.45) is 0 Å². The summed E-state index contributed by atoms with van der Waals surface area (Å²) in [4.78, 5) is 12.9. The van der Waals surface area contributed by atoms with E-state index >= 15 is 0 Å². The number of ether oxygens (including phenoxy) is 3. The van der Waals surface area contributed by atoms with Crippen molar-refractivity contribution in [3.63, 3.8) is 0 Å². The van der Waals surface area contributed by atoms with E-state index in [1.54, 1.807) is 7.05 Å². The fourth-order valence-corrected chi connectivity index (χ4v) is 3.23. The third-order valence-electron chi connectivity index (χ3n) is 3.51. The van der Waals surface area contributed by atoms with Gasteiger partial charge in [-0.2, -0.15) is 0 Å². The molecule has 1 saturated heterocycles. The molecule has 1 amide bonds. The number of amides is 1. The molecule has 1 fully saturated rings. The first-order valence-electron chi connectivity index (χ1n) is 6.94. The van der Waals surface area contributed by atoms with Crippen LogP contribution >= 0.6 is 0 Å². The SMILES string of the molecule is COc1ccc(S(=O)(=O)NCC2CN(C)C(=O)CO2)cc1OC. The standard InChI is InChI=1S/C14H20N2O6S/c1-16-8-10(22-9-14(16)17)7-15-23(18,19)11-4-5-12(20-2)13(6-11)21-3/h4-6,10,15H,7-9H2,1-3H3. The lowest BCUT2D eigenvalue weighted by atomic mass is 10.3. The zero-order valence-electron chi connectivity index (χ0n) is 13.2. The van der Waals surface area contributed by atoms with Gasteiger partial charge in [0, 0.05) is 26.2 Å². The number of hydrogen-bond donors (Lipinski definition) is 1. The number of methoxy groups -OCH3 is 2. The maximum Gasteiger partial charge on any atom is 0.248 e. The highest BCUT2D eigenvalue weighted by molar-refractivity contribution is 7.89. The molecule has 1 unspecified atom stereocenters. The molecule has 1 aromatic carbocycles. The Morgan fingerprint density at radius 2 is 2.00 bits per heavy atom. The van der Waals surface area contributed by atoms with Gasteiger partial charge in [-0.3, -0.25) is 4.79 Å². The van der Waals surface area contributed by atoms with Gasteiger partial charge in [0.1, 0.15) is 6.61 Å². The van der Waals surface area contributed by atoms with Crippen LogP contribution in [0.1, 0.15) is 0 Å². The first-order chi connectivity index (χ1) is 10.9. The minimum Gasteiger partial charge on any atom is -0.493 e.